The Balaban J connectivity index is 2.06. The number of aryl methyl sites for hydroxylation is 2. The first-order valence-corrected chi connectivity index (χ1v) is 13.8. The van der Waals surface area contributed by atoms with Gasteiger partial charge in [0.25, 0.3) is 10.0 Å². The van der Waals surface area contributed by atoms with E-state index in [1.807, 2.05) is 51.1 Å². The predicted octanol–water partition coefficient (Wildman–Crippen LogP) is 4.71. The molecule has 1 unspecified atom stereocenters. The second-order valence-electron chi connectivity index (χ2n) is 8.85. The number of nitrogens with zero attached hydrogens (tertiary/aromatic N) is 2. The summed E-state index contributed by atoms with van der Waals surface area (Å²) >= 11 is 5.98. The van der Waals surface area contributed by atoms with Crippen LogP contribution in [0.15, 0.2) is 77.7 Å². The van der Waals surface area contributed by atoms with Gasteiger partial charge in [-0.15, -0.1) is 0 Å². The van der Waals surface area contributed by atoms with Gasteiger partial charge in [0.15, 0.2) is 0 Å². The van der Waals surface area contributed by atoms with Crippen LogP contribution in [0.5, 0.6) is 0 Å². The molecular formula is C28H32ClN3O4S. The minimum atomic E-state index is -4.13. The van der Waals surface area contributed by atoms with Crippen LogP contribution in [0.1, 0.15) is 30.0 Å². The number of likely N-dealkylation sites (N-methyl/N-ethyl adjacent to an activating group) is 1. The van der Waals surface area contributed by atoms with E-state index in [4.69, 9.17) is 11.6 Å². The van der Waals surface area contributed by atoms with E-state index in [0.717, 1.165) is 21.0 Å². The summed E-state index contributed by atoms with van der Waals surface area (Å²) in [6.07, 6.45) is 0.367. The molecule has 3 rings (SSSR count). The van der Waals surface area contributed by atoms with Crippen molar-refractivity contribution in [3.8, 4) is 0 Å². The van der Waals surface area contributed by atoms with Crippen molar-refractivity contribution in [3.63, 3.8) is 0 Å². The van der Waals surface area contributed by atoms with Crippen LogP contribution in [0.3, 0.4) is 0 Å². The molecule has 37 heavy (non-hydrogen) atoms. The maximum atomic E-state index is 13.9. The van der Waals surface area contributed by atoms with Gasteiger partial charge in [-0.05, 0) is 67.8 Å². The normalized spacial score (nSPS) is 12.0. The van der Waals surface area contributed by atoms with Gasteiger partial charge >= 0.3 is 0 Å². The first-order chi connectivity index (χ1) is 17.6. The van der Waals surface area contributed by atoms with Crippen LogP contribution >= 0.6 is 11.6 Å². The summed E-state index contributed by atoms with van der Waals surface area (Å²) in [6, 6.07) is 19.6. The minimum absolute atomic E-state index is 0.00906. The third kappa shape index (κ3) is 6.90. The lowest BCUT2D eigenvalue weighted by molar-refractivity contribution is -0.140. The molecule has 0 aliphatic rings. The van der Waals surface area contributed by atoms with Gasteiger partial charge in [-0.3, -0.25) is 13.9 Å². The molecule has 1 N–H and O–H groups in total. The molecule has 0 aliphatic carbocycles. The minimum Gasteiger partial charge on any atom is -0.357 e. The molecular weight excluding hydrogens is 510 g/mol. The molecule has 0 fully saturated rings. The molecule has 0 bridgehead atoms. The third-order valence-corrected chi connectivity index (χ3v) is 8.08. The van der Waals surface area contributed by atoms with E-state index < -0.39 is 28.5 Å². The van der Waals surface area contributed by atoms with Crippen LogP contribution in [0.25, 0.3) is 0 Å². The maximum Gasteiger partial charge on any atom is 0.264 e. The summed E-state index contributed by atoms with van der Waals surface area (Å²) in [4.78, 5) is 28.1. The molecule has 0 radical (unpaired) electrons. The van der Waals surface area contributed by atoms with Gasteiger partial charge in [-0.25, -0.2) is 8.42 Å². The molecule has 3 aromatic carbocycles. The lowest BCUT2D eigenvalue weighted by Gasteiger charge is -2.33. The van der Waals surface area contributed by atoms with Crippen LogP contribution in [-0.4, -0.2) is 44.8 Å². The van der Waals surface area contributed by atoms with Crippen molar-refractivity contribution in [2.24, 2.45) is 0 Å². The number of hydrogen-bond acceptors (Lipinski definition) is 4. The molecule has 7 nitrogen and oxygen atoms in total. The number of benzene rings is 3. The molecule has 9 heteroatoms. The van der Waals surface area contributed by atoms with Gasteiger partial charge in [0.1, 0.15) is 12.6 Å². The quantitative estimate of drug-likeness (QED) is 0.403. The zero-order valence-corrected chi connectivity index (χ0v) is 23.0. The Morgan fingerprint density at radius 3 is 2.14 bits per heavy atom. The van der Waals surface area contributed by atoms with E-state index in [1.165, 1.54) is 36.2 Å². The highest BCUT2D eigenvalue weighted by Gasteiger charge is 2.33. The number of hydrogen-bond donors (Lipinski definition) is 1. The zero-order valence-electron chi connectivity index (χ0n) is 21.4. The van der Waals surface area contributed by atoms with Crippen molar-refractivity contribution in [1.29, 1.82) is 0 Å². The standard InChI is InChI=1S/C28H32ClN3O4S/c1-5-26(28(34)30-4)31(18-22-10-6-8-20(2)16-22)27(33)19-32(24-11-7-9-21(3)17-24)37(35,36)25-14-12-23(29)13-15-25/h6-17,26H,5,18-19H2,1-4H3,(H,30,34). The van der Waals surface area contributed by atoms with Crippen molar-refractivity contribution < 1.29 is 18.0 Å². The number of sulfonamides is 1. The number of nitrogens with one attached hydrogen (secondary N) is 1. The molecule has 0 aromatic heterocycles. The number of amides is 2. The van der Waals surface area contributed by atoms with Crippen LogP contribution in [0, 0.1) is 13.8 Å². The third-order valence-electron chi connectivity index (χ3n) is 6.04. The topological polar surface area (TPSA) is 86.8 Å². The maximum absolute atomic E-state index is 13.9. The number of anilines is 1. The first-order valence-electron chi connectivity index (χ1n) is 12.0. The summed E-state index contributed by atoms with van der Waals surface area (Å²) in [5.41, 5.74) is 3.06. The van der Waals surface area contributed by atoms with E-state index in [2.05, 4.69) is 5.32 Å². The van der Waals surface area contributed by atoms with Crippen LogP contribution in [0.4, 0.5) is 5.69 Å². The van der Waals surface area contributed by atoms with Crippen LogP contribution in [-0.2, 0) is 26.2 Å². The average Bonchev–Trinajstić information content (AvgIpc) is 2.87. The van der Waals surface area contributed by atoms with E-state index in [1.54, 1.807) is 18.2 Å². The molecule has 0 saturated carbocycles. The largest absolute Gasteiger partial charge is 0.357 e. The fraction of sp³-hybridized carbons (Fsp3) is 0.286. The number of carbonyl (C=O) groups is 2. The average molecular weight is 542 g/mol. The fourth-order valence-corrected chi connectivity index (χ4v) is 5.67. The number of halogens is 1. The van der Waals surface area contributed by atoms with Crippen molar-refractivity contribution in [2.45, 2.75) is 44.7 Å². The van der Waals surface area contributed by atoms with E-state index in [-0.39, 0.29) is 17.3 Å². The molecule has 2 amide bonds. The smallest absolute Gasteiger partial charge is 0.264 e. The Labute approximate surface area is 224 Å². The predicted molar refractivity (Wildman–Crippen MR) is 147 cm³/mol. The van der Waals surface area contributed by atoms with Gasteiger partial charge in [0, 0.05) is 18.6 Å². The highest BCUT2D eigenvalue weighted by Crippen LogP contribution is 2.26. The summed E-state index contributed by atoms with van der Waals surface area (Å²) < 4.78 is 28.6. The summed E-state index contributed by atoms with van der Waals surface area (Å²) in [5.74, 6) is -0.804. The van der Waals surface area contributed by atoms with Gasteiger partial charge in [0.05, 0.1) is 10.6 Å². The Kier molecular flexibility index (Phi) is 9.34. The summed E-state index contributed by atoms with van der Waals surface area (Å²) in [7, 11) is -2.61. The second kappa shape index (κ2) is 12.3. The number of carbonyl (C=O) groups excluding carboxylic acids is 2. The van der Waals surface area contributed by atoms with Crippen molar-refractivity contribution in [1.82, 2.24) is 10.2 Å². The molecule has 0 spiro atoms. The highest BCUT2D eigenvalue weighted by atomic mass is 35.5. The molecule has 0 heterocycles. The van der Waals surface area contributed by atoms with Crippen LogP contribution < -0.4 is 9.62 Å². The zero-order chi connectivity index (χ0) is 27.2. The lowest BCUT2D eigenvalue weighted by atomic mass is 10.1. The Morgan fingerprint density at radius 1 is 0.946 bits per heavy atom. The van der Waals surface area contributed by atoms with Gasteiger partial charge in [-0.2, -0.15) is 0 Å². The van der Waals surface area contributed by atoms with Crippen molar-refractivity contribution in [3.05, 3.63) is 94.5 Å². The van der Waals surface area contributed by atoms with E-state index in [0.29, 0.717) is 17.1 Å². The Morgan fingerprint density at radius 2 is 1.57 bits per heavy atom. The van der Waals surface area contributed by atoms with E-state index >= 15 is 0 Å². The SMILES string of the molecule is CCC(C(=O)NC)N(Cc1cccc(C)c1)C(=O)CN(c1cccc(C)c1)S(=O)(=O)c1ccc(Cl)cc1. The second-order valence-corrected chi connectivity index (χ2v) is 11.2. The molecule has 1 atom stereocenters. The molecule has 0 saturated heterocycles. The molecule has 196 valence electrons. The van der Waals surface area contributed by atoms with Crippen LogP contribution in [0.2, 0.25) is 5.02 Å². The Hall–Kier alpha value is -3.36. The van der Waals surface area contributed by atoms with Gasteiger partial charge in [0.2, 0.25) is 11.8 Å². The number of rotatable bonds is 10. The fourth-order valence-electron chi connectivity index (χ4n) is 4.14. The summed E-state index contributed by atoms with van der Waals surface area (Å²) in [6.45, 7) is 5.30. The lowest BCUT2D eigenvalue weighted by Crippen LogP contribution is -2.51. The highest BCUT2D eigenvalue weighted by molar-refractivity contribution is 7.92. The summed E-state index contributed by atoms with van der Waals surface area (Å²) in [5, 5.41) is 3.03. The van der Waals surface area contributed by atoms with Gasteiger partial charge in [-0.1, -0.05) is 60.5 Å². The Bertz CT molecular complexity index is 1360. The first kappa shape index (κ1) is 28.2. The van der Waals surface area contributed by atoms with Crippen molar-refractivity contribution >= 4 is 39.1 Å². The molecule has 3 aromatic rings. The van der Waals surface area contributed by atoms with Crippen molar-refractivity contribution in [2.75, 3.05) is 17.9 Å². The van der Waals surface area contributed by atoms with Gasteiger partial charge < -0.3 is 10.2 Å². The van der Waals surface area contributed by atoms with E-state index in [9.17, 15) is 18.0 Å². The monoisotopic (exact) mass is 541 g/mol. The molecule has 0 aliphatic heterocycles.